The Balaban J connectivity index is 2.13. The van der Waals surface area contributed by atoms with Crippen LogP contribution in [-0.4, -0.2) is 37.7 Å². The van der Waals surface area contributed by atoms with Gasteiger partial charge in [0.1, 0.15) is 17.9 Å². The van der Waals surface area contributed by atoms with Crippen LogP contribution in [0.4, 0.5) is 0 Å². The van der Waals surface area contributed by atoms with Crippen molar-refractivity contribution in [3.05, 3.63) is 29.8 Å². The zero-order chi connectivity index (χ0) is 14.5. The molecule has 2 rings (SSSR count). The second kappa shape index (κ2) is 6.40. The normalized spacial score (nSPS) is 19.1. The van der Waals surface area contributed by atoms with Crippen LogP contribution in [0.15, 0.2) is 24.3 Å². The van der Waals surface area contributed by atoms with Gasteiger partial charge in [-0.15, -0.1) is 0 Å². The number of carbonyl (C=O) groups excluding carboxylic acids is 1. The van der Waals surface area contributed by atoms with Gasteiger partial charge in [-0.1, -0.05) is 12.1 Å². The molecular weight excluding hydrogens is 256 g/mol. The molecular formula is C15H18N2O3. The zero-order valence-electron chi connectivity index (χ0n) is 11.7. The summed E-state index contributed by atoms with van der Waals surface area (Å²) in [4.78, 5) is 13.7. The van der Waals surface area contributed by atoms with E-state index < -0.39 is 12.1 Å². The minimum atomic E-state index is -0.613. The molecule has 0 saturated carbocycles. The van der Waals surface area contributed by atoms with Crippen molar-refractivity contribution in [3.63, 3.8) is 0 Å². The fourth-order valence-corrected chi connectivity index (χ4v) is 2.30. The van der Waals surface area contributed by atoms with Crippen LogP contribution in [0.5, 0.6) is 5.75 Å². The SMILES string of the molecule is COc1ccc(C(C#N)N(C)C(=O)C2CCCO2)cc1. The highest BCUT2D eigenvalue weighted by atomic mass is 16.5. The lowest BCUT2D eigenvalue weighted by atomic mass is 10.1. The Morgan fingerprint density at radius 3 is 2.70 bits per heavy atom. The van der Waals surface area contributed by atoms with Crippen LogP contribution in [0.2, 0.25) is 0 Å². The number of carbonyl (C=O) groups is 1. The Morgan fingerprint density at radius 1 is 1.50 bits per heavy atom. The molecule has 1 aromatic carbocycles. The molecule has 0 aromatic heterocycles. The molecule has 1 aliphatic rings. The van der Waals surface area contributed by atoms with Gasteiger partial charge in [-0.25, -0.2) is 0 Å². The van der Waals surface area contributed by atoms with E-state index in [2.05, 4.69) is 6.07 Å². The summed E-state index contributed by atoms with van der Waals surface area (Å²) in [5.74, 6) is 0.586. The molecule has 1 saturated heterocycles. The fourth-order valence-electron chi connectivity index (χ4n) is 2.30. The monoisotopic (exact) mass is 274 g/mol. The third-order valence-corrected chi connectivity index (χ3v) is 3.49. The molecule has 20 heavy (non-hydrogen) atoms. The van der Waals surface area contributed by atoms with Crippen molar-refractivity contribution >= 4 is 5.91 Å². The van der Waals surface area contributed by atoms with Crippen molar-refractivity contribution in [3.8, 4) is 11.8 Å². The third-order valence-electron chi connectivity index (χ3n) is 3.49. The Labute approximate surface area is 118 Å². The maximum absolute atomic E-state index is 12.3. The maximum atomic E-state index is 12.3. The lowest BCUT2D eigenvalue weighted by Gasteiger charge is -2.25. The standard InChI is InChI=1S/C15H18N2O3/c1-17(15(18)14-4-3-9-20-14)13(10-16)11-5-7-12(19-2)8-6-11/h5-8,13-14H,3-4,9H2,1-2H3. The summed E-state index contributed by atoms with van der Waals surface area (Å²) in [5, 5.41) is 9.35. The smallest absolute Gasteiger partial charge is 0.252 e. The van der Waals surface area contributed by atoms with Gasteiger partial charge in [0.05, 0.1) is 13.2 Å². The second-order valence-electron chi connectivity index (χ2n) is 4.76. The van der Waals surface area contributed by atoms with E-state index in [9.17, 15) is 10.1 Å². The van der Waals surface area contributed by atoms with E-state index in [4.69, 9.17) is 9.47 Å². The largest absolute Gasteiger partial charge is 0.497 e. The summed E-state index contributed by atoms with van der Waals surface area (Å²) in [6.45, 7) is 0.615. The van der Waals surface area contributed by atoms with Crippen molar-refractivity contribution in [1.29, 1.82) is 5.26 Å². The lowest BCUT2D eigenvalue weighted by molar-refractivity contribution is -0.140. The summed E-state index contributed by atoms with van der Waals surface area (Å²) < 4.78 is 10.5. The van der Waals surface area contributed by atoms with E-state index >= 15 is 0 Å². The molecule has 5 nitrogen and oxygen atoms in total. The molecule has 0 radical (unpaired) electrons. The van der Waals surface area contributed by atoms with E-state index in [1.807, 2.05) is 0 Å². The van der Waals surface area contributed by atoms with Crippen molar-refractivity contribution in [2.75, 3.05) is 20.8 Å². The zero-order valence-corrected chi connectivity index (χ0v) is 11.7. The first-order valence-corrected chi connectivity index (χ1v) is 6.59. The van der Waals surface area contributed by atoms with Crippen LogP contribution >= 0.6 is 0 Å². The molecule has 0 aliphatic carbocycles. The second-order valence-corrected chi connectivity index (χ2v) is 4.76. The predicted molar refractivity (Wildman–Crippen MR) is 73.1 cm³/mol. The van der Waals surface area contributed by atoms with Crippen LogP contribution in [0, 0.1) is 11.3 Å². The van der Waals surface area contributed by atoms with Crippen LogP contribution < -0.4 is 4.74 Å². The number of hydrogen-bond acceptors (Lipinski definition) is 4. The summed E-state index contributed by atoms with van der Waals surface area (Å²) >= 11 is 0. The average Bonchev–Trinajstić information content (AvgIpc) is 3.02. The Bertz CT molecular complexity index is 501. The van der Waals surface area contributed by atoms with Crippen molar-refractivity contribution in [1.82, 2.24) is 4.90 Å². The molecule has 1 fully saturated rings. The third kappa shape index (κ3) is 2.91. The number of amides is 1. The van der Waals surface area contributed by atoms with Gasteiger partial charge in [0.15, 0.2) is 0 Å². The number of ether oxygens (including phenoxy) is 2. The summed E-state index contributed by atoms with van der Waals surface area (Å²) in [6.07, 6.45) is 1.21. The number of nitrogens with zero attached hydrogens (tertiary/aromatic N) is 2. The van der Waals surface area contributed by atoms with Gasteiger partial charge < -0.3 is 14.4 Å². The summed E-state index contributed by atoms with van der Waals surface area (Å²) in [7, 11) is 3.23. The number of likely N-dealkylation sites (N-methyl/N-ethyl adjacent to an activating group) is 1. The summed E-state index contributed by atoms with van der Waals surface area (Å²) in [5.41, 5.74) is 0.766. The minimum Gasteiger partial charge on any atom is -0.497 e. The molecule has 0 bridgehead atoms. The highest BCUT2D eigenvalue weighted by Gasteiger charge is 2.30. The van der Waals surface area contributed by atoms with Crippen LogP contribution in [0.1, 0.15) is 24.4 Å². The van der Waals surface area contributed by atoms with Crippen molar-refractivity contribution in [2.24, 2.45) is 0 Å². The van der Waals surface area contributed by atoms with E-state index in [1.54, 1.807) is 38.4 Å². The predicted octanol–water partition coefficient (Wildman–Crippen LogP) is 1.90. The number of benzene rings is 1. The van der Waals surface area contributed by atoms with Crippen LogP contribution in [-0.2, 0) is 9.53 Å². The van der Waals surface area contributed by atoms with Crippen molar-refractivity contribution < 1.29 is 14.3 Å². The van der Waals surface area contributed by atoms with Gasteiger partial charge in [0.2, 0.25) is 0 Å². The highest BCUT2D eigenvalue weighted by molar-refractivity contribution is 5.81. The van der Waals surface area contributed by atoms with Crippen LogP contribution in [0.25, 0.3) is 0 Å². The molecule has 1 aromatic rings. The number of nitriles is 1. The number of rotatable bonds is 4. The molecule has 2 atom stereocenters. The van der Waals surface area contributed by atoms with Gasteiger partial charge in [-0.3, -0.25) is 4.79 Å². The quantitative estimate of drug-likeness (QED) is 0.841. The van der Waals surface area contributed by atoms with Crippen LogP contribution in [0.3, 0.4) is 0 Å². The Kier molecular flexibility index (Phi) is 4.59. The molecule has 106 valence electrons. The maximum Gasteiger partial charge on any atom is 0.252 e. The van der Waals surface area contributed by atoms with Gasteiger partial charge >= 0.3 is 0 Å². The number of hydrogen-bond donors (Lipinski definition) is 0. The van der Waals surface area contributed by atoms with Gasteiger partial charge in [0.25, 0.3) is 5.91 Å². The molecule has 1 amide bonds. The van der Waals surface area contributed by atoms with Gasteiger partial charge in [-0.2, -0.15) is 5.26 Å². The molecule has 1 heterocycles. The Morgan fingerprint density at radius 2 is 2.20 bits per heavy atom. The first-order chi connectivity index (χ1) is 9.67. The van der Waals surface area contributed by atoms with Gasteiger partial charge in [0, 0.05) is 13.7 Å². The lowest BCUT2D eigenvalue weighted by Crippen LogP contribution is -2.38. The van der Waals surface area contributed by atoms with Crippen molar-refractivity contribution in [2.45, 2.75) is 25.0 Å². The van der Waals surface area contributed by atoms with E-state index in [1.165, 1.54) is 4.90 Å². The van der Waals surface area contributed by atoms with E-state index in [0.717, 1.165) is 24.2 Å². The van der Waals surface area contributed by atoms with E-state index in [0.29, 0.717) is 6.61 Å². The highest BCUT2D eigenvalue weighted by Crippen LogP contribution is 2.24. The van der Waals surface area contributed by atoms with E-state index in [-0.39, 0.29) is 5.91 Å². The topological polar surface area (TPSA) is 62.6 Å². The Hall–Kier alpha value is -2.06. The fraction of sp³-hybridized carbons (Fsp3) is 0.467. The first kappa shape index (κ1) is 14.4. The number of methoxy groups -OCH3 is 1. The molecule has 1 aliphatic heterocycles. The average molecular weight is 274 g/mol. The molecule has 2 unspecified atom stereocenters. The molecule has 5 heteroatoms. The minimum absolute atomic E-state index is 0.134. The van der Waals surface area contributed by atoms with Gasteiger partial charge in [-0.05, 0) is 30.5 Å². The first-order valence-electron chi connectivity index (χ1n) is 6.59. The molecule has 0 N–H and O–H groups in total. The molecule has 0 spiro atoms. The summed E-state index contributed by atoms with van der Waals surface area (Å²) in [6, 6.07) is 8.71.